The van der Waals surface area contributed by atoms with E-state index in [0.717, 1.165) is 12.1 Å². The van der Waals surface area contributed by atoms with Crippen molar-refractivity contribution in [3.63, 3.8) is 0 Å². The topological polar surface area (TPSA) is 62.7 Å². The van der Waals surface area contributed by atoms with Gasteiger partial charge in [-0.3, -0.25) is 0 Å². The molecule has 2 amide bonds. The van der Waals surface area contributed by atoms with E-state index in [-0.39, 0.29) is 18.0 Å². The number of carbonyl (C=O) groups excluding carboxylic acids is 1. The highest BCUT2D eigenvalue weighted by Gasteiger charge is 2.18. The van der Waals surface area contributed by atoms with Crippen LogP contribution < -0.4 is 10.6 Å². The SMILES string of the molecule is CC1=NOC(CNC(=O)Nc2ccc(F)cc2)C1. The van der Waals surface area contributed by atoms with Gasteiger partial charge in [0.1, 0.15) is 11.9 Å². The molecule has 1 aliphatic heterocycles. The van der Waals surface area contributed by atoms with Crippen molar-refractivity contribution >= 4 is 17.4 Å². The van der Waals surface area contributed by atoms with Crippen LogP contribution in [0.1, 0.15) is 13.3 Å². The number of hydrogen-bond donors (Lipinski definition) is 2. The van der Waals surface area contributed by atoms with Crippen LogP contribution in [0.5, 0.6) is 0 Å². The average Bonchev–Trinajstić information content (AvgIpc) is 2.76. The fourth-order valence-electron chi connectivity index (χ4n) is 1.59. The first-order valence-electron chi connectivity index (χ1n) is 5.63. The summed E-state index contributed by atoms with van der Waals surface area (Å²) in [5, 5.41) is 9.05. The summed E-state index contributed by atoms with van der Waals surface area (Å²) in [6, 6.07) is 5.21. The largest absolute Gasteiger partial charge is 0.390 e. The quantitative estimate of drug-likeness (QED) is 0.864. The van der Waals surface area contributed by atoms with Gasteiger partial charge in [-0.15, -0.1) is 0 Å². The number of carbonyl (C=O) groups is 1. The Balaban J connectivity index is 1.74. The predicted molar refractivity (Wildman–Crippen MR) is 66.0 cm³/mol. The van der Waals surface area contributed by atoms with Crippen LogP contribution in [0.4, 0.5) is 14.9 Å². The third kappa shape index (κ3) is 3.44. The molecule has 96 valence electrons. The van der Waals surface area contributed by atoms with E-state index < -0.39 is 0 Å². The zero-order chi connectivity index (χ0) is 13.0. The molecule has 0 radical (unpaired) electrons. The lowest BCUT2D eigenvalue weighted by atomic mass is 10.2. The van der Waals surface area contributed by atoms with Gasteiger partial charge in [0.05, 0.1) is 12.3 Å². The van der Waals surface area contributed by atoms with E-state index in [2.05, 4.69) is 15.8 Å². The highest BCUT2D eigenvalue weighted by Crippen LogP contribution is 2.10. The Bertz CT molecular complexity index is 459. The Morgan fingerprint density at radius 3 is 2.83 bits per heavy atom. The molecular formula is C12H14FN3O2. The Morgan fingerprint density at radius 2 is 2.22 bits per heavy atom. The zero-order valence-electron chi connectivity index (χ0n) is 9.94. The first kappa shape index (κ1) is 12.3. The molecule has 0 aromatic heterocycles. The maximum Gasteiger partial charge on any atom is 0.319 e. The van der Waals surface area contributed by atoms with Crippen LogP contribution in [-0.4, -0.2) is 24.4 Å². The molecule has 0 saturated heterocycles. The number of oxime groups is 1. The Hall–Kier alpha value is -2.11. The van der Waals surface area contributed by atoms with Crippen LogP contribution >= 0.6 is 0 Å². The number of urea groups is 1. The molecule has 2 N–H and O–H groups in total. The summed E-state index contributed by atoms with van der Waals surface area (Å²) < 4.78 is 12.7. The summed E-state index contributed by atoms with van der Waals surface area (Å²) in [6.07, 6.45) is 0.612. The number of nitrogens with zero attached hydrogens (tertiary/aromatic N) is 1. The summed E-state index contributed by atoms with van der Waals surface area (Å²) in [5.41, 5.74) is 1.45. The molecule has 1 aromatic rings. The molecule has 0 fully saturated rings. The van der Waals surface area contributed by atoms with Gasteiger partial charge in [-0.2, -0.15) is 0 Å². The molecule has 0 bridgehead atoms. The van der Waals surface area contributed by atoms with Gasteiger partial charge in [0.2, 0.25) is 0 Å². The second kappa shape index (κ2) is 5.48. The second-order valence-electron chi connectivity index (χ2n) is 4.10. The number of hydrogen-bond acceptors (Lipinski definition) is 3. The van der Waals surface area contributed by atoms with E-state index >= 15 is 0 Å². The van der Waals surface area contributed by atoms with Gasteiger partial charge in [0.25, 0.3) is 0 Å². The predicted octanol–water partition coefficient (Wildman–Crippen LogP) is 2.11. The van der Waals surface area contributed by atoms with Gasteiger partial charge >= 0.3 is 6.03 Å². The van der Waals surface area contributed by atoms with Crippen molar-refractivity contribution in [3.8, 4) is 0 Å². The first-order valence-corrected chi connectivity index (χ1v) is 5.63. The molecule has 1 unspecified atom stereocenters. The summed E-state index contributed by atoms with van der Waals surface area (Å²) in [7, 11) is 0. The molecule has 0 saturated carbocycles. The van der Waals surface area contributed by atoms with E-state index in [9.17, 15) is 9.18 Å². The van der Waals surface area contributed by atoms with Crippen molar-refractivity contribution in [1.29, 1.82) is 0 Å². The Labute approximate surface area is 104 Å². The second-order valence-corrected chi connectivity index (χ2v) is 4.10. The van der Waals surface area contributed by atoms with Crippen LogP contribution in [0, 0.1) is 5.82 Å². The molecule has 1 heterocycles. The maximum absolute atomic E-state index is 12.7. The molecule has 2 rings (SSSR count). The minimum atomic E-state index is -0.352. The molecule has 18 heavy (non-hydrogen) atoms. The van der Waals surface area contributed by atoms with Gasteiger partial charge < -0.3 is 15.5 Å². The van der Waals surface area contributed by atoms with Gasteiger partial charge in [0, 0.05) is 12.1 Å². The number of amides is 2. The van der Waals surface area contributed by atoms with Crippen LogP contribution in [0.3, 0.4) is 0 Å². The average molecular weight is 251 g/mol. The van der Waals surface area contributed by atoms with E-state index in [1.807, 2.05) is 6.92 Å². The molecule has 6 heteroatoms. The minimum absolute atomic E-state index is 0.107. The minimum Gasteiger partial charge on any atom is -0.390 e. The Morgan fingerprint density at radius 1 is 1.50 bits per heavy atom. The van der Waals surface area contributed by atoms with Gasteiger partial charge in [-0.05, 0) is 31.2 Å². The molecule has 1 aromatic carbocycles. The van der Waals surface area contributed by atoms with Gasteiger partial charge in [-0.25, -0.2) is 9.18 Å². The van der Waals surface area contributed by atoms with Gasteiger partial charge in [-0.1, -0.05) is 5.16 Å². The lowest BCUT2D eigenvalue weighted by Crippen LogP contribution is -2.35. The summed E-state index contributed by atoms with van der Waals surface area (Å²) >= 11 is 0. The number of nitrogens with one attached hydrogen (secondary N) is 2. The smallest absolute Gasteiger partial charge is 0.319 e. The van der Waals surface area contributed by atoms with Gasteiger partial charge in [0.15, 0.2) is 0 Å². The van der Waals surface area contributed by atoms with Crippen LogP contribution in [0.2, 0.25) is 0 Å². The van der Waals surface area contributed by atoms with Crippen LogP contribution in [0.25, 0.3) is 0 Å². The highest BCUT2D eigenvalue weighted by atomic mass is 19.1. The molecule has 1 aliphatic rings. The van der Waals surface area contributed by atoms with Crippen LogP contribution in [0.15, 0.2) is 29.4 Å². The lowest BCUT2D eigenvalue weighted by Gasteiger charge is -2.10. The summed E-state index contributed by atoms with van der Waals surface area (Å²) in [4.78, 5) is 16.6. The van der Waals surface area contributed by atoms with Crippen molar-refractivity contribution in [3.05, 3.63) is 30.1 Å². The normalized spacial score (nSPS) is 17.9. The molecule has 1 atom stereocenters. The van der Waals surface area contributed by atoms with E-state index in [1.165, 1.54) is 24.3 Å². The summed E-state index contributed by atoms with van der Waals surface area (Å²) in [6.45, 7) is 2.26. The zero-order valence-corrected chi connectivity index (χ0v) is 9.94. The van der Waals surface area contributed by atoms with E-state index in [0.29, 0.717) is 12.2 Å². The number of halogens is 1. The monoisotopic (exact) mass is 251 g/mol. The first-order chi connectivity index (χ1) is 8.63. The standard InChI is InChI=1S/C12H14FN3O2/c1-8-6-11(18-16-8)7-14-12(17)15-10-4-2-9(13)3-5-10/h2-5,11H,6-7H2,1H3,(H2,14,15,17). The van der Waals surface area contributed by atoms with E-state index in [4.69, 9.17) is 4.84 Å². The van der Waals surface area contributed by atoms with Crippen molar-refractivity contribution < 1.29 is 14.0 Å². The maximum atomic E-state index is 12.7. The number of anilines is 1. The molecular weight excluding hydrogens is 237 g/mol. The highest BCUT2D eigenvalue weighted by molar-refractivity contribution is 5.89. The van der Waals surface area contributed by atoms with E-state index in [1.54, 1.807) is 0 Å². The van der Waals surface area contributed by atoms with Crippen molar-refractivity contribution in [1.82, 2.24) is 5.32 Å². The fourth-order valence-corrected chi connectivity index (χ4v) is 1.59. The van der Waals surface area contributed by atoms with Crippen molar-refractivity contribution in [2.45, 2.75) is 19.4 Å². The van der Waals surface area contributed by atoms with Crippen molar-refractivity contribution in [2.75, 3.05) is 11.9 Å². The lowest BCUT2D eigenvalue weighted by molar-refractivity contribution is 0.0870. The number of benzene rings is 1. The fraction of sp³-hybridized carbons (Fsp3) is 0.333. The third-order valence-corrected chi connectivity index (χ3v) is 2.47. The molecule has 0 aliphatic carbocycles. The Kier molecular flexibility index (Phi) is 3.76. The van der Waals surface area contributed by atoms with Crippen LogP contribution in [-0.2, 0) is 4.84 Å². The summed E-state index contributed by atoms with van der Waals surface area (Å²) in [5.74, 6) is -0.340. The number of rotatable bonds is 3. The third-order valence-electron chi connectivity index (χ3n) is 2.47. The molecule has 5 nitrogen and oxygen atoms in total. The molecule has 0 spiro atoms. The van der Waals surface area contributed by atoms with Crippen molar-refractivity contribution in [2.24, 2.45) is 5.16 Å².